The van der Waals surface area contributed by atoms with E-state index < -0.39 is 0 Å². The fraction of sp³-hybridized carbons (Fsp3) is 0.769. The SMILES string of the molecule is CCNCc1sc(N2CCC(N(C)C)C2)nc1C. The normalized spacial score (nSPS) is 20.1. The maximum atomic E-state index is 4.73. The van der Waals surface area contributed by atoms with Gasteiger partial charge in [0.2, 0.25) is 0 Å². The molecule has 1 aliphatic rings. The number of nitrogens with one attached hydrogen (secondary N) is 1. The Morgan fingerprint density at radius 3 is 2.89 bits per heavy atom. The van der Waals surface area contributed by atoms with Gasteiger partial charge in [-0.15, -0.1) is 11.3 Å². The number of rotatable bonds is 5. The molecule has 2 rings (SSSR count). The lowest BCUT2D eigenvalue weighted by Gasteiger charge is -2.19. The van der Waals surface area contributed by atoms with Crippen molar-refractivity contribution in [3.63, 3.8) is 0 Å². The van der Waals surface area contributed by atoms with Crippen molar-refractivity contribution in [2.75, 3.05) is 38.6 Å². The summed E-state index contributed by atoms with van der Waals surface area (Å²) < 4.78 is 0. The molecule has 0 spiro atoms. The van der Waals surface area contributed by atoms with E-state index in [9.17, 15) is 0 Å². The van der Waals surface area contributed by atoms with Crippen LogP contribution in [0.1, 0.15) is 23.9 Å². The first-order valence-corrected chi connectivity index (χ1v) is 7.51. The lowest BCUT2D eigenvalue weighted by molar-refractivity contribution is 0.315. The Morgan fingerprint density at radius 1 is 1.50 bits per heavy atom. The maximum Gasteiger partial charge on any atom is 0.185 e. The molecule has 1 N–H and O–H groups in total. The molecule has 1 atom stereocenters. The van der Waals surface area contributed by atoms with Gasteiger partial charge in [-0.25, -0.2) is 4.98 Å². The highest BCUT2D eigenvalue weighted by Gasteiger charge is 2.26. The summed E-state index contributed by atoms with van der Waals surface area (Å²) in [7, 11) is 4.33. The molecule has 2 heterocycles. The fourth-order valence-corrected chi connectivity index (χ4v) is 3.35. The van der Waals surface area contributed by atoms with Gasteiger partial charge in [0, 0.05) is 30.6 Å². The van der Waals surface area contributed by atoms with E-state index >= 15 is 0 Å². The fourth-order valence-electron chi connectivity index (χ4n) is 2.29. The van der Waals surface area contributed by atoms with E-state index in [0.29, 0.717) is 6.04 Å². The molecular formula is C13H24N4S. The molecular weight excluding hydrogens is 244 g/mol. The van der Waals surface area contributed by atoms with Crippen LogP contribution in [0.3, 0.4) is 0 Å². The zero-order valence-electron chi connectivity index (χ0n) is 11.9. The summed E-state index contributed by atoms with van der Waals surface area (Å²) in [5.41, 5.74) is 1.18. The Kier molecular flexibility index (Phi) is 4.59. The van der Waals surface area contributed by atoms with E-state index in [1.54, 1.807) is 0 Å². The summed E-state index contributed by atoms with van der Waals surface area (Å²) in [5.74, 6) is 0. The van der Waals surface area contributed by atoms with Crippen molar-refractivity contribution in [3.8, 4) is 0 Å². The highest BCUT2D eigenvalue weighted by Crippen LogP contribution is 2.29. The zero-order valence-corrected chi connectivity index (χ0v) is 12.7. The van der Waals surface area contributed by atoms with Gasteiger partial charge in [0.05, 0.1) is 5.69 Å². The smallest absolute Gasteiger partial charge is 0.185 e. The van der Waals surface area contributed by atoms with E-state index in [4.69, 9.17) is 4.98 Å². The molecule has 1 saturated heterocycles. The molecule has 0 saturated carbocycles. The van der Waals surface area contributed by atoms with Gasteiger partial charge in [-0.3, -0.25) is 0 Å². The van der Waals surface area contributed by atoms with Crippen molar-refractivity contribution in [2.45, 2.75) is 32.9 Å². The second-order valence-electron chi connectivity index (χ2n) is 5.14. The molecule has 0 amide bonds. The first-order valence-electron chi connectivity index (χ1n) is 6.70. The molecule has 1 aliphatic heterocycles. The number of hydrogen-bond donors (Lipinski definition) is 1. The van der Waals surface area contributed by atoms with Crippen LogP contribution in [-0.2, 0) is 6.54 Å². The number of aryl methyl sites for hydroxylation is 1. The van der Waals surface area contributed by atoms with Crippen molar-refractivity contribution in [1.29, 1.82) is 0 Å². The Labute approximate surface area is 114 Å². The molecule has 0 bridgehead atoms. The van der Waals surface area contributed by atoms with Crippen LogP contribution >= 0.6 is 11.3 Å². The highest BCUT2D eigenvalue weighted by molar-refractivity contribution is 7.15. The van der Waals surface area contributed by atoms with Gasteiger partial charge < -0.3 is 15.1 Å². The number of hydrogen-bond acceptors (Lipinski definition) is 5. The van der Waals surface area contributed by atoms with E-state index in [1.165, 1.54) is 22.1 Å². The topological polar surface area (TPSA) is 31.4 Å². The van der Waals surface area contributed by atoms with Gasteiger partial charge in [0.1, 0.15) is 0 Å². The van der Waals surface area contributed by atoms with Gasteiger partial charge in [0.15, 0.2) is 5.13 Å². The second-order valence-corrected chi connectivity index (χ2v) is 6.20. The summed E-state index contributed by atoms with van der Waals surface area (Å²) in [6.45, 7) is 8.46. The third-order valence-electron chi connectivity index (χ3n) is 3.58. The van der Waals surface area contributed by atoms with E-state index in [-0.39, 0.29) is 0 Å². The third kappa shape index (κ3) is 3.02. The predicted molar refractivity (Wildman–Crippen MR) is 78.5 cm³/mol. The zero-order chi connectivity index (χ0) is 13.1. The lowest BCUT2D eigenvalue weighted by Crippen LogP contribution is -2.31. The van der Waals surface area contributed by atoms with E-state index in [2.05, 4.69) is 43.1 Å². The summed E-state index contributed by atoms with van der Waals surface area (Å²) >= 11 is 1.84. The average Bonchev–Trinajstić information content (AvgIpc) is 2.93. The summed E-state index contributed by atoms with van der Waals surface area (Å²) in [6.07, 6.45) is 1.24. The number of anilines is 1. The first-order chi connectivity index (χ1) is 8.61. The van der Waals surface area contributed by atoms with Crippen molar-refractivity contribution >= 4 is 16.5 Å². The summed E-state index contributed by atoms with van der Waals surface area (Å²) in [4.78, 5) is 10.8. The van der Waals surface area contributed by atoms with Gasteiger partial charge in [-0.05, 0) is 34.0 Å². The minimum atomic E-state index is 0.673. The number of thiazole rings is 1. The van der Waals surface area contributed by atoms with Crippen LogP contribution in [0.15, 0.2) is 0 Å². The largest absolute Gasteiger partial charge is 0.346 e. The summed E-state index contributed by atoms with van der Waals surface area (Å²) in [6, 6.07) is 0.673. The molecule has 0 aromatic carbocycles. The number of nitrogens with zero attached hydrogens (tertiary/aromatic N) is 3. The molecule has 102 valence electrons. The van der Waals surface area contributed by atoms with Crippen LogP contribution in [0.25, 0.3) is 0 Å². The van der Waals surface area contributed by atoms with Gasteiger partial charge in [-0.2, -0.15) is 0 Å². The van der Waals surface area contributed by atoms with Crippen molar-refractivity contribution in [3.05, 3.63) is 10.6 Å². The van der Waals surface area contributed by atoms with Crippen molar-refractivity contribution in [2.24, 2.45) is 0 Å². The molecule has 1 aromatic heterocycles. The van der Waals surface area contributed by atoms with Gasteiger partial charge >= 0.3 is 0 Å². The monoisotopic (exact) mass is 268 g/mol. The number of aromatic nitrogens is 1. The molecule has 1 unspecified atom stereocenters. The second kappa shape index (κ2) is 5.99. The number of likely N-dealkylation sites (N-methyl/N-ethyl adjacent to an activating group) is 1. The minimum absolute atomic E-state index is 0.673. The van der Waals surface area contributed by atoms with Crippen LogP contribution in [0.2, 0.25) is 0 Å². The molecule has 18 heavy (non-hydrogen) atoms. The van der Waals surface area contributed by atoms with Crippen LogP contribution in [0.4, 0.5) is 5.13 Å². The Morgan fingerprint density at radius 2 is 2.28 bits per heavy atom. The lowest BCUT2D eigenvalue weighted by atomic mass is 10.2. The standard InChI is InChI=1S/C13H24N4S/c1-5-14-8-12-10(2)15-13(18-12)17-7-6-11(9-17)16(3)4/h11,14H,5-9H2,1-4H3. The Hall–Kier alpha value is -0.650. The quantitative estimate of drug-likeness (QED) is 0.881. The predicted octanol–water partition coefficient (Wildman–Crippen LogP) is 1.70. The van der Waals surface area contributed by atoms with Gasteiger partial charge in [0.25, 0.3) is 0 Å². The van der Waals surface area contributed by atoms with Crippen LogP contribution in [0, 0.1) is 6.92 Å². The van der Waals surface area contributed by atoms with E-state index in [1.807, 2.05) is 11.3 Å². The Balaban J connectivity index is 2.01. The third-order valence-corrected chi connectivity index (χ3v) is 4.80. The highest BCUT2D eigenvalue weighted by atomic mass is 32.1. The van der Waals surface area contributed by atoms with Gasteiger partial charge in [-0.1, -0.05) is 6.92 Å². The first kappa shape index (κ1) is 13.8. The van der Waals surface area contributed by atoms with E-state index in [0.717, 1.165) is 26.2 Å². The molecule has 4 nitrogen and oxygen atoms in total. The van der Waals surface area contributed by atoms with Crippen molar-refractivity contribution < 1.29 is 0 Å². The van der Waals surface area contributed by atoms with Crippen molar-refractivity contribution in [1.82, 2.24) is 15.2 Å². The summed E-state index contributed by atoms with van der Waals surface area (Å²) in [5, 5.41) is 4.58. The average molecular weight is 268 g/mol. The molecule has 0 radical (unpaired) electrons. The van der Waals surface area contributed by atoms with Crippen LogP contribution < -0.4 is 10.2 Å². The maximum absolute atomic E-state index is 4.73. The molecule has 1 fully saturated rings. The van der Waals surface area contributed by atoms with Crippen LogP contribution in [0.5, 0.6) is 0 Å². The molecule has 5 heteroatoms. The molecule has 1 aromatic rings. The minimum Gasteiger partial charge on any atom is -0.346 e. The Bertz CT molecular complexity index is 388. The van der Waals surface area contributed by atoms with Crippen LogP contribution in [-0.4, -0.2) is 49.7 Å². The molecule has 0 aliphatic carbocycles.